The molecule has 1 atom stereocenters. The van der Waals surface area contributed by atoms with Gasteiger partial charge in [0.15, 0.2) is 0 Å². The van der Waals surface area contributed by atoms with Crippen molar-refractivity contribution in [1.29, 1.82) is 0 Å². The number of benzene rings is 1. The third-order valence-electron chi connectivity index (χ3n) is 3.67. The van der Waals surface area contributed by atoms with E-state index in [1.165, 1.54) is 0 Å². The molecule has 3 rings (SSSR count). The molecule has 0 saturated heterocycles. The van der Waals surface area contributed by atoms with Crippen LogP contribution in [0.2, 0.25) is 0 Å². The Balaban J connectivity index is 2.08. The van der Waals surface area contributed by atoms with Crippen LogP contribution < -0.4 is 11.1 Å². The molecule has 1 aliphatic heterocycles. The van der Waals surface area contributed by atoms with Gasteiger partial charge in [0.25, 0.3) is 0 Å². The van der Waals surface area contributed by atoms with Crippen LogP contribution in [0.3, 0.4) is 0 Å². The van der Waals surface area contributed by atoms with E-state index in [9.17, 15) is 9.59 Å². The van der Waals surface area contributed by atoms with Gasteiger partial charge in [0.05, 0.1) is 16.7 Å². The smallest absolute Gasteiger partial charge is 0.306 e. The van der Waals surface area contributed by atoms with Gasteiger partial charge in [-0.05, 0) is 18.1 Å². The van der Waals surface area contributed by atoms with Crippen LogP contribution in [0.1, 0.15) is 25.8 Å². The number of hydrogen-bond donors (Lipinski definition) is 3. The van der Waals surface area contributed by atoms with E-state index in [-0.39, 0.29) is 17.5 Å². The van der Waals surface area contributed by atoms with E-state index < -0.39 is 0 Å². The molecule has 1 unspecified atom stereocenters. The lowest BCUT2D eigenvalue weighted by molar-refractivity contribution is -0.122. The third kappa shape index (κ3) is 2.13. The first-order chi connectivity index (χ1) is 9.54. The predicted octanol–water partition coefficient (Wildman–Crippen LogP) is 1.35. The van der Waals surface area contributed by atoms with Crippen LogP contribution in [0.15, 0.2) is 28.1 Å². The number of carbonyl (C=O) groups excluding carboxylic acids is 1. The first kappa shape index (κ1) is 12.7. The molecule has 0 radical (unpaired) electrons. The molecular formula is C14H16N4O2. The number of fused-ring (bicyclic) bond motifs is 1. The molecule has 2 heterocycles. The average Bonchev–Trinajstić information content (AvgIpc) is 2.77. The van der Waals surface area contributed by atoms with Crippen molar-refractivity contribution in [1.82, 2.24) is 15.4 Å². The number of aromatic nitrogens is 2. The van der Waals surface area contributed by atoms with Crippen molar-refractivity contribution in [2.45, 2.75) is 20.3 Å². The van der Waals surface area contributed by atoms with Gasteiger partial charge in [0.1, 0.15) is 0 Å². The summed E-state index contributed by atoms with van der Waals surface area (Å²) in [5.74, 6) is 0.358. The fourth-order valence-electron chi connectivity index (χ4n) is 2.57. The average molecular weight is 272 g/mol. The first-order valence-electron chi connectivity index (χ1n) is 6.63. The van der Waals surface area contributed by atoms with Gasteiger partial charge in [0, 0.05) is 17.9 Å². The standard InChI is InChI=1S/C14H16N4O2/c1-7(2)9-6-12(19)17-18-13(9)8-3-4-10-11(5-8)16-14(20)15-10/h3-5,7,9H,6H2,1-2H3,(H,17,19)(H2,15,16,20). The second-order valence-corrected chi connectivity index (χ2v) is 5.43. The molecule has 0 fully saturated rings. The molecule has 1 aliphatic rings. The highest BCUT2D eigenvalue weighted by Crippen LogP contribution is 2.25. The number of aromatic amines is 2. The Bertz CT molecular complexity index is 754. The normalized spacial score (nSPS) is 19.2. The Labute approximate surface area is 115 Å². The number of rotatable bonds is 2. The first-order valence-corrected chi connectivity index (χ1v) is 6.63. The summed E-state index contributed by atoms with van der Waals surface area (Å²) in [6.07, 6.45) is 0.443. The van der Waals surface area contributed by atoms with E-state index in [1.54, 1.807) is 0 Å². The van der Waals surface area contributed by atoms with Gasteiger partial charge in [-0.1, -0.05) is 19.9 Å². The monoisotopic (exact) mass is 272 g/mol. The van der Waals surface area contributed by atoms with Crippen LogP contribution in [0.4, 0.5) is 0 Å². The van der Waals surface area contributed by atoms with Crippen molar-refractivity contribution in [3.8, 4) is 0 Å². The van der Waals surface area contributed by atoms with Gasteiger partial charge in [0.2, 0.25) is 5.91 Å². The molecule has 1 aromatic heterocycles. The molecule has 0 aliphatic carbocycles. The summed E-state index contributed by atoms with van der Waals surface area (Å²) >= 11 is 0. The molecular weight excluding hydrogens is 256 g/mol. The molecule has 6 nitrogen and oxygen atoms in total. The zero-order valence-corrected chi connectivity index (χ0v) is 11.4. The zero-order chi connectivity index (χ0) is 14.3. The van der Waals surface area contributed by atoms with Gasteiger partial charge in [-0.3, -0.25) is 4.79 Å². The molecule has 1 amide bonds. The topological polar surface area (TPSA) is 90.1 Å². The van der Waals surface area contributed by atoms with E-state index in [0.29, 0.717) is 12.3 Å². The number of hydrogen-bond acceptors (Lipinski definition) is 3. The maximum absolute atomic E-state index is 11.5. The second-order valence-electron chi connectivity index (χ2n) is 5.43. The summed E-state index contributed by atoms with van der Waals surface area (Å²) in [7, 11) is 0. The summed E-state index contributed by atoms with van der Waals surface area (Å²) in [4.78, 5) is 28.2. The summed E-state index contributed by atoms with van der Waals surface area (Å²) < 4.78 is 0. The Kier molecular flexibility index (Phi) is 2.93. The van der Waals surface area contributed by atoms with Crippen molar-refractivity contribution in [2.24, 2.45) is 16.9 Å². The van der Waals surface area contributed by atoms with Crippen LogP contribution in [0.25, 0.3) is 11.0 Å². The van der Waals surface area contributed by atoms with Crippen LogP contribution in [-0.4, -0.2) is 21.6 Å². The molecule has 3 N–H and O–H groups in total. The number of imidazole rings is 1. The van der Waals surface area contributed by atoms with E-state index in [2.05, 4.69) is 34.3 Å². The number of nitrogens with zero attached hydrogens (tertiary/aromatic N) is 1. The largest absolute Gasteiger partial charge is 0.323 e. The number of hydrazone groups is 1. The minimum atomic E-state index is -0.226. The van der Waals surface area contributed by atoms with Crippen molar-refractivity contribution >= 4 is 22.7 Å². The number of carbonyl (C=O) groups is 1. The highest BCUT2D eigenvalue weighted by molar-refractivity contribution is 6.07. The van der Waals surface area contributed by atoms with Gasteiger partial charge < -0.3 is 9.97 Å². The highest BCUT2D eigenvalue weighted by atomic mass is 16.2. The van der Waals surface area contributed by atoms with Crippen molar-refractivity contribution < 1.29 is 4.79 Å². The second kappa shape index (κ2) is 4.63. The summed E-state index contributed by atoms with van der Waals surface area (Å²) in [5, 5.41) is 4.21. The number of H-pyrrole nitrogens is 2. The van der Waals surface area contributed by atoms with Gasteiger partial charge in [-0.15, -0.1) is 0 Å². The zero-order valence-electron chi connectivity index (χ0n) is 11.4. The van der Waals surface area contributed by atoms with Crippen molar-refractivity contribution in [3.05, 3.63) is 34.2 Å². The minimum absolute atomic E-state index is 0.0522. The Morgan fingerprint density at radius 3 is 2.70 bits per heavy atom. The fourth-order valence-corrected chi connectivity index (χ4v) is 2.57. The van der Waals surface area contributed by atoms with Gasteiger partial charge in [-0.2, -0.15) is 5.10 Å². The molecule has 0 saturated carbocycles. The minimum Gasteiger partial charge on any atom is -0.306 e. The summed E-state index contributed by atoms with van der Waals surface area (Å²) in [6.45, 7) is 4.16. The van der Waals surface area contributed by atoms with Crippen LogP contribution in [0, 0.1) is 11.8 Å². The van der Waals surface area contributed by atoms with Crippen LogP contribution in [0.5, 0.6) is 0 Å². The fraction of sp³-hybridized carbons (Fsp3) is 0.357. The summed E-state index contributed by atoms with van der Waals surface area (Å²) in [6, 6.07) is 5.65. The molecule has 20 heavy (non-hydrogen) atoms. The van der Waals surface area contributed by atoms with E-state index in [1.807, 2.05) is 18.2 Å². The van der Waals surface area contributed by atoms with Crippen molar-refractivity contribution in [3.63, 3.8) is 0 Å². The molecule has 1 aromatic carbocycles. The summed E-state index contributed by atoms with van der Waals surface area (Å²) in [5.41, 5.74) is 5.61. The van der Waals surface area contributed by atoms with Gasteiger partial charge >= 0.3 is 5.69 Å². The number of amides is 1. The Hall–Kier alpha value is -2.37. The van der Waals surface area contributed by atoms with Gasteiger partial charge in [-0.25, -0.2) is 10.2 Å². The lowest BCUT2D eigenvalue weighted by Gasteiger charge is -2.25. The number of nitrogens with one attached hydrogen (secondary N) is 3. The van der Waals surface area contributed by atoms with E-state index >= 15 is 0 Å². The van der Waals surface area contributed by atoms with E-state index in [4.69, 9.17) is 0 Å². The molecule has 0 spiro atoms. The van der Waals surface area contributed by atoms with Crippen LogP contribution in [-0.2, 0) is 4.79 Å². The maximum Gasteiger partial charge on any atom is 0.323 e. The maximum atomic E-state index is 11.5. The molecule has 104 valence electrons. The van der Waals surface area contributed by atoms with E-state index in [0.717, 1.165) is 22.3 Å². The third-order valence-corrected chi connectivity index (χ3v) is 3.67. The van der Waals surface area contributed by atoms with Crippen molar-refractivity contribution in [2.75, 3.05) is 0 Å². The molecule has 6 heteroatoms. The Morgan fingerprint density at radius 2 is 1.95 bits per heavy atom. The highest BCUT2D eigenvalue weighted by Gasteiger charge is 2.28. The molecule has 2 aromatic rings. The predicted molar refractivity (Wildman–Crippen MR) is 76.5 cm³/mol. The van der Waals surface area contributed by atoms with Crippen LogP contribution >= 0.6 is 0 Å². The lowest BCUT2D eigenvalue weighted by atomic mass is 9.83. The Morgan fingerprint density at radius 1 is 1.20 bits per heavy atom. The SMILES string of the molecule is CC(C)C1CC(=O)NN=C1c1ccc2[nH]c(=O)[nH]c2c1. The lowest BCUT2D eigenvalue weighted by Crippen LogP contribution is -2.35. The quantitative estimate of drug-likeness (QED) is 0.770. The molecule has 0 bridgehead atoms.